The monoisotopic (exact) mass is 1260 g/mol. The molecule has 1 saturated heterocycles. The summed E-state index contributed by atoms with van der Waals surface area (Å²) in [6, 6.07) is -0.804. The number of aliphatic hydroxyl groups is 5. The minimum Gasteiger partial charge on any atom is -0.394 e. The first-order chi connectivity index (χ1) is 43.8. The second kappa shape index (κ2) is 69.5. The number of carbonyl (C=O) groups is 1. The van der Waals surface area contributed by atoms with Crippen LogP contribution in [0.5, 0.6) is 0 Å². The molecule has 6 N–H and O–H groups in total. The number of aliphatic hydroxyl groups excluding tert-OH is 5. The zero-order valence-corrected chi connectivity index (χ0v) is 59.5. The van der Waals surface area contributed by atoms with E-state index >= 15 is 0 Å². The summed E-state index contributed by atoms with van der Waals surface area (Å²) >= 11 is 0. The molecule has 9 nitrogen and oxygen atoms in total. The fourth-order valence-electron chi connectivity index (χ4n) is 13.3. The molecular weight excluding hydrogens is 1100 g/mol. The summed E-state index contributed by atoms with van der Waals surface area (Å²) in [6.45, 7) is 3.85. The second-order valence-electron chi connectivity index (χ2n) is 28.2. The fourth-order valence-corrected chi connectivity index (χ4v) is 13.3. The van der Waals surface area contributed by atoms with E-state index in [-0.39, 0.29) is 12.5 Å². The Morgan fingerprint density at radius 3 is 0.910 bits per heavy atom. The number of ether oxygens (including phenoxy) is 2. The lowest BCUT2D eigenvalue weighted by Crippen LogP contribution is -2.60. The normalized spacial score (nSPS) is 17.9. The van der Waals surface area contributed by atoms with Gasteiger partial charge in [-0.1, -0.05) is 398 Å². The summed E-state index contributed by atoms with van der Waals surface area (Å²) in [7, 11) is 0. The standard InChI is InChI=1S/C80H155NO8/c1-3-5-7-9-11-13-15-17-19-21-23-25-27-29-31-32-33-34-35-36-37-38-39-40-41-42-44-46-48-50-52-54-56-58-60-62-64-66-68-70-76(84)81-73(72-88-80-79(87)78(86)77(85)75(71-82)89-80)74(83)69-67-65-63-61-59-57-55-53-51-49-47-45-43-30-28-26-24-22-20-18-16-14-12-10-8-6-4-2/h21,23,67,69,73-75,77-80,82-83,85-87H,3-20,22,24-66,68,70-72H2,1-2H3,(H,81,84)/b23-21-,69-67+. The molecule has 0 aromatic carbocycles. The molecule has 89 heavy (non-hydrogen) atoms. The minimum absolute atomic E-state index is 0.166. The highest BCUT2D eigenvalue weighted by Gasteiger charge is 2.44. The topological polar surface area (TPSA) is 149 Å². The largest absolute Gasteiger partial charge is 0.394 e. The van der Waals surface area contributed by atoms with E-state index in [1.165, 1.54) is 366 Å². The molecular formula is C80H155NO8. The first kappa shape index (κ1) is 85.7. The zero-order chi connectivity index (χ0) is 64.2. The maximum absolute atomic E-state index is 13.2. The van der Waals surface area contributed by atoms with Crippen LogP contribution in [-0.2, 0) is 14.3 Å². The highest BCUT2D eigenvalue weighted by atomic mass is 16.7. The number of hydrogen-bond acceptors (Lipinski definition) is 8. The van der Waals surface area contributed by atoms with Crippen LogP contribution in [0, 0.1) is 0 Å². The summed E-state index contributed by atoms with van der Waals surface area (Å²) in [5, 5.41) is 54.9. The molecule has 1 heterocycles. The van der Waals surface area contributed by atoms with Crippen molar-refractivity contribution < 1.29 is 39.8 Å². The van der Waals surface area contributed by atoms with Crippen molar-refractivity contribution in [3.8, 4) is 0 Å². The van der Waals surface area contributed by atoms with E-state index in [9.17, 15) is 30.3 Å². The number of rotatable bonds is 72. The van der Waals surface area contributed by atoms with Crippen molar-refractivity contribution in [2.45, 2.75) is 468 Å². The SMILES string of the molecule is CCCCCCCCCC/C=C\CCCCCCCCCCCCCCCCCCCCCCCCCCCCCC(=O)NC(COC1OC(CO)C(O)C(O)C1O)C(O)/C=C/CCCCCCCCCCCCCCCCCCCCCCCCCCC. The van der Waals surface area contributed by atoms with E-state index in [1.807, 2.05) is 6.08 Å². The molecule has 0 bridgehead atoms. The smallest absolute Gasteiger partial charge is 0.220 e. The molecule has 0 aromatic rings. The average molecular weight is 1260 g/mol. The van der Waals surface area contributed by atoms with Crippen LogP contribution in [-0.4, -0.2) is 87.5 Å². The molecule has 7 unspecified atom stereocenters. The number of allylic oxidation sites excluding steroid dienone is 3. The van der Waals surface area contributed by atoms with Gasteiger partial charge in [-0.2, -0.15) is 0 Å². The molecule has 7 atom stereocenters. The molecule has 0 aromatic heterocycles. The number of unbranched alkanes of at least 4 members (excludes halogenated alkanes) is 60. The Kier molecular flexibility index (Phi) is 66.9. The van der Waals surface area contributed by atoms with Crippen molar-refractivity contribution in [1.29, 1.82) is 0 Å². The van der Waals surface area contributed by atoms with Crippen molar-refractivity contribution in [3.63, 3.8) is 0 Å². The van der Waals surface area contributed by atoms with E-state index in [2.05, 4.69) is 31.3 Å². The summed E-state index contributed by atoms with van der Waals surface area (Å²) in [5.74, 6) is -0.166. The highest BCUT2D eigenvalue weighted by Crippen LogP contribution is 2.24. The fraction of sp³-hybridized carbons (Fsp3) is 0.938. The molecule has 1 aliphatic rings. The third-order valence-corrected chi connectivity index (χ3v) is 19.5. The lowest BCUT2D eigenvalue weighted by molar-refractivity contribution is -0.302. The zero-order valence-electron chi connectivity index (χ0n) is 59.5. The van der Waals surface area contributed by atoms with Crippen LogP contribution in [0.2, 0.25) is 0 Å². The summed E-state index contributed by atoms with van der Waals surface area (Å²) in [5.41, 5.74) is 0. The maximum atomic E-state index is 13.2. The average Bonchev–Trinajstić information content (AvgIpc) is 2.42. The maximum Gasteiger partial charge on any atom is 0.220 e. The van der Waals surface area contributed by atoms with Crippen molar-refractivity contribution in [2.75, 3.05) is 13.2 Å². The van der Waals surface area contributed by atoms with E-state index in [0.29, 0.717) is 6.42 Å². The van der Waals surface area contributed by atoms with Gasteiger partial charge in [-0.3, -0.25) is 4.79 Å². The molecule has 1 rings (SSSR count). The van der Waals surface area contributed by atoms with Crippen molar-refractivity contribution >= 4 is 5.91 Å². The lowest BCUT2D eigenvalue weighted by Gasteiger charge is -2.40. The van der Waals surface area contributed by atoms with Gasteiger partial charge < -0.3 is 40.3 Å². The molecule has 0 spiro atoms. The number of amides is 1. The minimum atomic E-state index is -1.57. The van der Waals surface area contributed by atoms with Gasteiger partial charge in [0, 0.05) is 6.42 Å². The van der Waals surface area contributed by atoms with Gasteiger partial charge in [-0.25, -0.2) is 0 Å². The van der Waals surface area contributed by atoms with Gasteiger partial charge in [0.05, 0.1) is 25.4 Å². The first-order valence-electron chi connectivity index (χ1n) is 40.1. The predicted octanol–water partition coefficient (Wildman–Crippen LogP) is 22.8. The number of nitrogens with one attached hydrogen (secondary N) is 1. The second-order valence-corrected chi connectivity index (χ2v) is 28.2. The van der Waals surface area contributed by atoms with Gasteiger partial charge in [0.15, 0.2) is 6.29 Å². The van der Waals surface area contributed by atoms with Crippen molar-refractivity contribution in [3.05, 3.63) is 24.3 Å². The van der Waals surface area contributed by atoms with Crippen LogP contribution in [0.3, 0.4) is 0 Å². The van der Waals surface area contributed by atoms with Crippen LogP contribution < -0.4 is 5.32 Å². The van der Waals surface area contributed by atoms with E-state index < -0.39 is 49.5 Å². The van der Waals surface area contributed by atoms with Crippen LogP contribution >= 0.6 is 0 Å². The third-order valence-electron chi connectivity index (χ3n) is 19.5. The van der Waals surface area contributed by atoms with Crippen LogP contribution in [0.15, 0.2) is 24.3 Å². The Labute approximate surface area is 553 Å². The Morgan fingerprint density at radius 1 is 0.371 bits per heavy atom. The lowest BCUT2D eigenvalue weighted by atomic mass is 9.99. The third kappa shape index (κ3) is 57.8. The molecule has 528 valence electrons. The molecule has 0 saturated carbocycles. The molecule has 1 aliphatic heterocycles. The first-order valence-corrected chi connectivity index (χ1v) is 40.1. The van der Waals surface area contributed by atoms with Gasteiger partial charge in [0.25, 0.3) is 0 Å². The number of carbonyl (C=O) groups excluding carboxylic acids is 1. The highest BCUT2D eigenvalue weighted by molar-refractivity contribution is 5.76. The van der Waals surface area contributed by atoms with E-state index in [4.69, 9.17) is 9.47 Å². The predicted molar refractivity (Wildman–Crippen MR) is 383 cm³/mol. The van der Waals surface area contributed by atoms with Gasteiger partial charge in [-0.05, 0) is 44.9 Å². The van der Waals surface area contributed by atoms with Crippen LogP contribution in [0.4, 0.5) is 0 Å². The Morgan fingerprint density at radius 2 is 0.629 bits per heavy atom. The van der Waals surface area contributed by atoms with E-state index in [0.717, 1.165) is 38.5 Å². The Hall–Kier alpha value is -1.33. The molecule has 0 aliphatic carbocycles. The summed E-state index contributed by atoms with van der Waals surface area (Å²) in [6.07, 6.45) is 86.2. The van der Waals surface area contributed by atoms with Crippen LogP contribution in [0.1, 0.15) is 425 Å². The Bertz CT molecular complexity index is 1460. The quantitative estimate of drug-likeness (QED) is 0.0261. The van der Waals surface area contributed by atoms with Gasteiger partial charge in [0.2, 0.25) is 5.91 Å². The van der Waals surface area contributed by atoms with E-state index in [1.54, 1.807) is 6.08 Å². The van der Waals surface area contributed by atoms with Gasteiger partial charge in [-0.15, -0.1) is 0 Å². The van der Waals surface area contributed by atoms with Gasteiger partial charge >= 0.3 is 0 Å². The summed E-state index contributed by atoms with van der Waals surface area (Å²) in [4.78, 5) is 13.2. The Balaban J connectivity index is 2.04. The van der Waals surface area contributed by atoms with Gasteiger partial charge in [0.1, 0.15) is 24.4 Å². The van der Waals surface area contributed by atoms with Crippen molar-refractivity contribution in [2.24, 2.45) is 0 Å². The summed E-state index contributed by atoms with van der Waals surface area (Å²) < 4.78 is 11.3. The molecule has 0 radical (unpaired) electrons. The van der Waals surface area contributed by atoms with Crippen LogP contribution in [0.25, 0.3) is 0 Å². The molecule has 9 heteroatoms. The molecule has 1 amide bonds. The molecule has 1 fully saturated rings. The number of hydrogen-bond donors (Lipinski definition) is 6. The van der Waals surface area contributed by atoms with Crippen molar-refractivity contribution in [1.82, 2.24) is 5.32 Å².